The summed E-state index contributed by atoms with van der Waals surface area (Å²) in [6.45, 7) is 11.6. The van der Waals surface area contributed by atoms with Gasteiger partial charge in [-0.3, -0.25) is 0 Å². The average molecular weight is 236 g/mol. The normalized spacial score (nSPS) is 13.2. The van der Waals surface area contributed by atoms with Crippen LogP contribution < -0.4 is 0 Å². The van der Waals surface area contributed by atoms with E-state index >= 15 is 0 Å². The van der Waals surface area contributed by atoms with Crippen LogP contribution in [-0.4, -0.2) is 34.5 Å². The van der Waals surface area contributed by atoms with Gasteiger partial charge in [-0.15, -0.1) is 0 Å². The van der Waals surface area contributed by atoms with Gasteiger partial charge in [-0.2, -0.15) is 0 Å². The molecule has 0 unspecified atom stereocenters. The molecule has 0 saturated carbocycles. The predicted octanol–water partition coefficient (Wildman–Crippen LogP) is 2.34. The molecule has 5 heteroatoms. The number of hydrogen-bond acceptors (Lipinski definition) is 4. The molecule has 4 nitrogen and oxygen atoms in total. The summed E-state index contributed by atoms with van der Waals surface area (Å²) < 4.78 is 22.4. The van der Waals surface area contributed by atoms with Crippen molar-refractivity contribution < 1.29 is 17.7 Å². The van der Waals surface area contributed by atoms with Gasteiger partial charge in [-0.05, 0) is 41.5 Å². The molecule has 0 radical (unpaired) electrons. The standard InChI is InChI=1S/C10H24O4Si/c1-8(2)12-15(11-7,13-9(3)4)14-10(5)6/h8-10H,1-7H3. The van der Waals surface area contributed by atoms with Gasteiger partial charge in [0.25, 0.3) is 0 Å². The third-order valence-corrected chi connectivity index (χ3v) is 4.17. The molecule has 0 fully saturated rings. The molecule has 0 N–H and O–H groups in total. The summed E-state index contributed by atoms with van der Waals surface area (Å²) in [4.78, 5) is 0. The van der Waals surface area contributed by atoms with E-state index in [0.29, 0.717) is 0 Å². The van der Waals surface area contributed by atoms with E-state index in [9.17, 15) is 0 Å². The molecule has 0 aromatic carbocycles. The second-order valence-corrected chi connectivity index (χ2v) is 6.32. The third kappa shape index (κ3) is 6.27. The van der Waals surface area contributed by atoms with E-state index in [4.69, 9.17) is 17.7 Å². The maximum atomic E-state index is 5.68. The van der Waals surface area contributed by atoms with Gasteiger partial charge in [0.2, 0.25) is 0 Å². The van der Waals surface area contributed by atoms with Crippen LogP contribution in [0.4, 0.5) is 0 Å². The summed E-state index contributed by atoms with van der Waals surface area (Å²) in [6, 6.07) is 0. The number of hydrogen-bond donors (Lipinski definition) is 0. The second-order valence-electron chi connectivity index (χ2n) is 4.20. The molecule has 0 aromatic heterocycles. The first-order chi connectivity index (χ1) is 6.81. The lowest BCUT2D eigenvalue weighted by Gasteiger charge is -2.31. The summed E-state index contributed by atoms with van der Waals surface area (Å²) in [5.74, 6) is 0. The zero-order valence-corrected chi connectivity index (χ0v) is 11.9. The summed E-state index contributed by atoms with van der Waals surface area (Å²) in [7, 11) is -1.39. The fourth-order valence-electron chi connectivity index (χ4n) is 1.09. The van der Waals surface area contributed by atoms with Crippen LogP contribution >= 0.6 is 0 Å². The minimum Gasteiger partial charge on any atom is -0.355 e. The molecule has 0 rings (SSSR count). The van der Waals surface area contributed by atoms with Gasteiger partial charge < -0.3 is 17.7 Å². The molecule has 0 spiro atoms. The Labute approximate surface area is 94.4 Å². The van der Waals surface area contributed by atoms with E-state index < -0.39 is 9.05 Å². The van der Waals surface area contributed by atoms with Crippen molar-refractivity contribution in [2.45, 2.75) is 59.9 Å². The Morgan fingerprint density at radius 3 is 1.07 bits per heavy atom. The molecule has 15 heavy (non-hydrogen) atoms. The van der Waals surface area contributed by atoms with Crippen LogP contribution in [0, 0.1) is 0 Å². The van der Waals surface area contributed by atoms with Crippen LogP contribution in [0.3, 0.4) is 0 Å². The average Bonchev–Trinajstić information content (AvgIpc) is 1.99. The van der Waals surface area contributed by atoms with E-state index in [1.165, 1.54) is 0 Å². The molecular formula is C10H24O4Si. The van der Waals surface area contributed by atoms with Crippen molar-refractivity contribution in [3.63, 3.8) is 0 Å². The molecule has 0 aliphatic rings. The van der Waals surface area contributed by atoms with Crippen LogP contribution in [0.25, 0.3) is 0 Å². The van der Waals surface area contributed by atoms with Crippen LogP contribution in [0.2, 0.25) is 0 Å². The smallest absolute Gasteiger partial charge is 0.355 e. The summed E-state index contributed by atoms with van der Waals surface area (Å²) in [5, 5.41) is 0. The SMILES string of the molecule is CO[Si](OC(C)C)(OC(C)C)OC(C)C. The minimum atomic E-state index is -2.96. The van der Waals surface area contributed by atoms with Gasteiger partial charge in [-0.25, -0.2) is 0 Å². The topological polar surface area (TPSA) is 36.9 Å². The van der Waals surface area contributed by atoms with Crippen LogP contribution in [0.15, 0.2) is 0 Å². The summed E-state index contributed by atoms with van der Waals surface area (Å²) in [5.41, 5.74) is 0. The van der Waals surface area contributed by atoms with Crippen molar-refractivity contribution in [3.05, 3.63) is 0 Å². The van der Waals surface area contributed by atoms with Gasteiger partial charge in [0.15, 0.2) is 0 Å². The van der Waals surface area contributed by atoms with Gasteiger partial charge in [0, 0.05) is 25.4 Å². The zero-order chi connectivity index (χ0) is 12.1. The first-order valence-electron chi connectivity index (χ1n) is 5.40. The van der Waals surface area contributed by atoms with Crippen molar-refractivity contribution >= 4 is 9.05 Å². The Balaban J connectivity index is 4.59. The van der Waals surface area contributed by atoms with Gasteiger partial charge in [0.05, 0.1) is 0 Å². The molecule has 0 bridgehead atoms. The summed E-state index contributed by atoms with van der Waals surface area (Å²) >= 11 is 0. The van der Waals surface area contributed by atoms with Crippen LogP contribution in [0.1, 0.15) is 41.5 Å². The van der Waals surface area contributed by atoms with Gasteiger partial charge in [-0.1, -0.05) is 0 Å². The highest BCUT2D eigenvalue weighted by Crippen LogP contribution is 2.17. The Hall–Kier alpha value is 0.0569. The van der Waals surface area contributed by atoms with E-state index in [-0.39, 0.29) is 18.3 Å². The lowest BCUT2D eigenvalue weighted by atomic mass is 10.5. The Morgan fingerprint density at radius 1 is 0.667 bits per heavy atom. The Kier molecular flexibility index (Phi) is 6.62. The van der Waals surface area contributed by atoms with Gasteiger partial charge >= 0.3 is 9.05 Å². The quantitative estimate of drug-likeness (QED) is 0.636. The molecule has 92 valence electrons. The fourth-order valence-corrected chi connectivity index (χ4v) is 3.28. The Morgan fingerprint density at radius 2 is 0.933 bits per heavy atom. The maximum absolute atomic E-state index is 5.68. The fraction of sp³-hybridized carbons (Fsp3) is 1.00. The van der Waals surface area contributed by atoms with E-state index in [2.05, 4.69) is 0 Å². The highest BCUT2D eigenvalue weighted by atomic mass is 28.4. The minimum absolute atomic E-state index is 0.0223. The Bertz CT molecular complexity index is 144. The van der Waals surface area contributed by atoms with E-state index in [1.54, 1.807) is 7.11 Å². The molecule has 0 amide bonds. The summed E-state index contributed by atoms with van der Waals surface area (Å²) in [6.07, 6.45) is 0.0670. The van der Waals surface area contributed by atoms with Crippen molar-refractivity contribution in [3.8, 4) is 0 Å². The highest BCUT2D eigenvalue weighted by molar-refractivity contribution is 6.53. The largest absolute Gasteiger partial charge is 0.680 e. The molecule has 0 saturated heterocycles. The second kappa shape index (κ2) is 6.60. The van der Waals surface area contributed by atoms with Crippen molar-refractivity contribution in [1.29, 1.82) is 0 Å². The van der Waals surface area contributed by atoms with Crippen LogP contribution in [0.5, 0.6) is 0 Å². The monoisotopic (exact) mass is 236 g/mol. The highest BCUT2D eigenvalue weighted by Gasteiger charge is 2.47. The first-order valence-corrected chi connectivity index (χ1v) is 7.03. The predicted molar refractivity (Wildman–Crippen MR) is 61.4 cm³/mol. The molecule has 0 aromatic rings. The molecule has 0 aliphatic heterocycles. The maximum Gasteiger partial charge on any atom is 0.680 e. The van der Waals surface area contributed by atoms with E-state index in [1.807, 2.05) is 41.5 Å². The zero-order valence-electron chi connectivity index (χ0n) is 10.9. The number of rotatable bonds is 7. The van der Waals surface area contributed by atoms with Crippen molar-refractivity contribution in [1.82, 2.24) is 0 Å². The first kappa shape index (κ1) is 15.1. The van der Waals surface area contributed by atoms with Crippen LogP contribution in [-0.2, 0) is 17.7 Å². The lowest BCUT2D eigenvalue weighted by molar-refractivity contribution is -0.0649. The van der Waals surface area contributed by atoms with E-state index in [0.717, 1.165) is 0 Å². The molecule has 0 atom stereocenters. The molecule has 0 heterocycles. The molecule has 0 aliphatic carbocycles. The molecular weight excluding hydrogens is 212 g/mol. The van der Waals surface area contributed by atoms with Crippen molar-refractivity contribution in [2.24, 2.45) is 0 Å². The van der Waals surface area contributed by atoms with Gasteiger partial charge in [0.1, 0.15) is 0 Å². The third-order valence-electron chi connectivity index (χ3n) is 1.39. The lowest BCUT2D eigenvalue weighted by Crippen LogP contribution is -2.52. The van der Waals surface area contributed by atoms with Crippen molar-refractivity contribution in [2.75, 3.05) is 7.11 Å².